The monoisotopic (exact) mass is 303 g/mol. The van der Waals surface area contributed by atoms with Gasteiger partial charge in [-0.2, -0.15) is 0 Å². The van der Waals surface area contributed by atoms with Gasteiger partial charge < -0.3 is 14.4 Å². The van der Waals surface area contributed by atoms with E-state index in [-0.39, 0.29) is 5.97 Å². The number of ether oxygens (including phenoxy) is 2. The highest BCUT2D eigenvalue weighted by Gasteiger charge is 2.14. The van der Waals surface area contributed by atoms with E-state index in [0.717, 1.165) is 5.56 Å². The molecule has 1 aromatic rings. The van der Waals surface area contributed by atoms with Crippen LogP contribution in [-0.4, -0.2) is 39.4 Å². The topological polar surface area (TPSA) is 38.8 Å². The van der Waals surface area contributed by atoms with Gasteiger partial charge in [0.05, 0.1) is 13.0 Å². The zero-order valence-electron chi connectivity index (χ0n) is 13.5. The molecule has 120 valence electrons. The lowest BCUT2D eigenvalue weighted by Gasteiger charge is -2.29. The molecule has 4 heteroatoms. The number of anilines is 1. The SMILES string of the molecule is COCCOC(=O)Cc1ccc(N(C)C2C=CCCC2)cc1. The third-order valence-electron chi connectivity index (χ3n) is 3.97. The van der Waals surface area contributed by atoms with Crippen molar-refractivity contribution in [3.8, 4) is 0 Å². The first-order valence-electron chi connectivity index (χ1n) is 7.83. The summed E-state index contributed by atoms with van der Waals surface area (Å²) >= 11 is 0. The first-order valence-corrected chi connectivity index (χ1v) is 7.83. The second-order valence-corrected chi connectivity index (χ2v) is 5.59. The molecule has 0 saturated carbocycles. The molecule has 0 aliphatic heterocycles. The van der Waals surface area contributed by atoms with Crippen molar-refractivity contribution in [2.75, 3.05) is 32.3 Å². The summed E-state index contributed by atoms with van der Waals surface area (Å²) in [5.41, 5.74) is 2.15. The molecule has 4 nitrogen and oxygen atoms in total. The van der Waals surface area contributed by atoms with Crippen LogP contribution in [-0.2, 0) is 20.7 Å². The maximum atomic E-state index is 11.7. The molecule has 0 bridgehead atoms. The molecule has 0 amide bonds. The van der Waals surface area contributed by atoms with Crippen molar-refractivity contribution >= 4 is 11.7 Å². The molecule has 0 N–H and O–H groups in total. The first-order chi connectivity index (χ1) is 10.7. The summed E-state index contributed by atoms with van der Waals surface area (Å²) in [6.07, 6.45) is 8.47. The predicted molar refractivity (Wildman–Crippen MR) is 88.2 cm³/mol. The number of likely N-dealkylation sites (N-methyl/N-ethyl adjacent to an activating group) is 1. The Hall–Kier alpha value is -1.81. The third-order valence-corrected chi connectivity index (χ3v) is 3.97. The van der Waals surface area contributed by atoms with Gasteiger partial charge in [0.1, 0.15) is 6.61 Å². The largest absolute Gasteiger partial charge is 0.463 e. The van der Waals surface area contributed by atoms with Crippen LogP contribution in [0.1, 0.15) is 24.8 Å². The van der Waals surface area contributed by atoms with Crippen LogP contribution in [0.4, 0.5) is 5.69 Å². The van der Waals surface area contributed by atoms with Gasteiger partial charge in [-0.25, -0.2) is 0 Å². The fourth-order valence-corrected chi connectivity index (χ4v) is 2.61. The van der Waals surface area contributed by atoms with E-state index in [2.05, 4.69) is 36.2 Å². The molecule has 1 aromatic carbocycles. The van der Waals surface area contributed by atoms with E-state index in [1.54, 1.807) is 7.11 Å². The van der Waals surface area contributed by atoms with Gasteiger partial charge in [-0.1, -0.05) is 24.3 Å². The highest BCUT2D eigenvalue weighted by Crippen LogP contribution is 2.22. The Morgan fingerprint density at radius 1 is 1.27 bits per heavy atom. The molecule has 0 heterocycles. The minimum absolute atomic E-state index is 0.214. The standard InChI is InChI=1S/C18H25NO3/c1-19(16-6-4-3-5-7-16)17-10-8-15(9-11-17)14-18(20)22-13-12-21-2/h4,6,8-11,16H,3,5,7,12-14H2,1-2H3. The molecule has 0 aromatic heterocycles. The van der Waals surface area contributed by atoms with Crippen LogP contribution in [0.25, 0.3) is 0 Å². The van der Waals surface area contributed by atoms with Gasteiger partial charge in [0, 0.05) is 25.9 Å². The van der Waals surface area contributed by atoms with Gasteiger partial charge in [-0.05, 0) is 37.0 Å². The van der Waals surface area contributed by atoms with E-state index >= 15 is 0 Å². The van der Waals surface area contributed by atoms with Crippen molar-refractivity contribution in [2.24, 2.45) is 0 Å². The summed E-state index contributed by atoms with van der Waals surface area (Å²) in [6.45, 7) is 0.745. The third kappa shape index (κ3) is 4.88. The zero-order valence-corrected chi connectivity index (χ0v) is 13.5. The van der Waals surface area contributed by atoms with Gasteiger partial charge in [-0.3, -0.25) is 4.79 Å². The van der Waals surface area contributed by atoms with Gasteiger partial charge in [-0.15, -0.1) is 0 Å². The Kier molecular flexibility index (Phi) is 6.46. The van der Waals surface area contributed by atoms with Crippen molar-refractivity contribution in [1.29, 1.82) is 0 Å². The average Bonchev–Trinajstić information content (AvgIpc) is 2.56. The summed E-state index contributed by atoms with van der Waals surface area (Å²) in [7, 11) is 3.71. The van der Waals surface area contributed by atoms with E-state index in [4.69, 9.17) is 9.47 Å². The number of benzene rings is 1. The van der Waals surface area contributed by atoms with Crippen molar-refractivity contribution in [3.05, 3.63) is 42.0 Å². The smallest absolute Gasteiger partial charge is 0.310 e. The van der Waals surface area contributed by atoms with Crippen molar-refractivity contribution in [2.45, 2.75) is 31.7 Å². The molecule has 1 atom stereocenters. The number of hydrogen-bond acceptors (Lipinski definition) is 4. The summed E-state index contributed by atoms with van der Waals surface area (Å²) in [5.74, 6) is -0.214. The Bertz CT molecular complexity index is 496. The molecule has 0 fully saturated rings. The van der Waals surface area contributed by atoms with Crippen LogP contribution in [0.5, 0.6) is 0 Å². The first kappa shape index (κ1) is 16.6. The summed E-state index contributed by atoms with van der Waals surface area (Å²) in [6, 6.07) is 8.60. The Balaban J connectivity index is 1.88. The molecular weight excluding hydrogens is 278 g/mol. The number of rotatable bonds is 7. The highest BCUT2D eigenvalue weighted by molar-refractivity contribution is 5.72. The molecule has 1 aliphatic carbocycles. The van der Waals surface area contributed by atoms with E-state index in [1.807, 2.05) is 12.1 Å². The predicted octanol–water partition coefficient (Wildman–Crippen LogP) is 2.96. The van der Waals surface area contributed by atoms with Crippen molar-refractivity contribution < 1.29 is 14.3 Å². The molecular formula is C18H25NO3. The maximum absolute atomic E-state index is 11.7. The fourth-order valence-electron chi connectivity index (χ4n) is 2.61. The number of esters is 1. The summed E-state index contributed by atoms with van der Waals surface area (Å²) in [5, 5.41) is 0. The number of allylic oxidation sites excluding steroid dienone is 1. The fraction of sp³-hybridized carbons (Fsp3) is 0.500. The lowest BCUT2D eigenvalue weighted by molar-refractivity contribution is -0.144. The average molecular weight is 303 g/mol. The van der Waals surface area contributed by atoms with Crippen LogP contribution in [0.3, 0.4) is 0 Å². The molecule has 2 rings (SSSR count). The quantitative estimate of drug-likeness (QED) is 0.441. The van der Waals surface area contributed by atoms with Gasteiger partial charge in [0.2, 0.25) is 0 Å². The van der Waals surface area contributed by atoms with Crippen LogP contribution >= 0.6 is 0 Å². The Morgan fingerprint density at radius 2 is 2.05 bits per heavy atom. The van der Waals surface area contributed by atoms with E-state index < -0.39 is 0 Å². The summed E-state index contributed by atoms with van der Waals surface area (Å²) in [4.78, 5) is 13.9. The number of nitrogens with zero attached hydrogens (tertiary/aromatic N) is 1. The lowest BCUT2D eigenvalue weighted by Crippen LogP contribution is -2.30. The second kappa shape index (κ2) is 8.59. The van der Waals surface area contributed by atoms with Crippen LogP contribution in [0.15, 0.2) is 36.4 Å². The maximum Gasteiger partial charge on any atom is 0.310 e. The normalized spacial score (nSPS) is 17.3. The van der Waals surface area contributed by atoms with Crippen LogP contribution in [0, 0.1) is 0 Å². The second-order valence-electron chi connectivity index (χ2n) is 5.59. The summed E-state index contributed by atoms with van der Waals surface area (Å²) < 4.78 is 9.93. The zero-order chi connectivity index (χ0) is 15.8. The Labute approximate surface area is 132 Å². The minimum atomic E-state index is -0.214. The van der Waals surface area contributed by atoms with E-state index in [9.17, 15) is 4.79 Å². The van der Waals surface area contributed by atoms with E-state index in [1.165, 1.54) is 24.9 Å². The molecule has 0 radical (unpaired) electrons. The number of hydrogen-bond donors (Lipinski definition) is 0. The Morgan fingerprint density at radius 3 is 2.68 bits per heavy atom. The molecule has 22 heavy (non-hydrogen) atoms. The lowest BCUT2D eigenvalue weighted by atomic mass is 10.0. The number of methoxy groups -OCH3 is 1. The highest BCUT2D eigenvalue weighted by atomic mass is 16.6. The van der Waals surface area contributed by atoms with Gasteiger partial charge >= 0.3 is 5.97 Å². The van der Waals surface area contributed by atoms with E-state index in [0.29, 0.717) is 25.7 Å². The van der Waals surface area contributed by atoms with Crippen LogP contribution < -0.4 is 4.90 Å². The molecule has 0 spiro atoms. The number of carbonyl (C=O) groups excluding carboxylic acids is 1. The van der Waals surface area contributed by atoms with Crippen molar-refractivity contribution in [3.63, 3.8) is 0 Å². The van der Waals surface area contributed by atoms with Crippen molar-refractivity contribution in [1.82, 2.24) is 0 Å². The minimum Gasteiger partial charge on any atom is -0.463 e. The molecule has 1 aliphatic rings. The van der Waals surface area contributed by atoms with Crippen LogP contribution in [0.2, 0.25) is 0 Å². The molecule has 0 saturated heterocycles. The number of carbonyl (C=O) groups is 1. The van der Waals surface area contributed by atoms with Gasteiger partial charge in [0.15, 0.2) is 0 Å². The van der Waals surface area contributed by atoms with Gasteiger partial charge in [0.25, 0.3) is 0 Å². The molecule has 1 unspecified atom stereocenters.